The van der Waals surface area contributed by atoms with Gasteiger partial charge in [0.15, 0.2) is 0 Å². The van der Waals surface area contributed by atoms with Crippen LogP contribution in [0.1, 0.15) is 33.6 Å². The highest BCUT2D eigenvalue weighted by molar-refractivity contribution is 5.80. The number of hydrogen-bond acceptors (Lipinski definition) is 3. The largest absolute Gasteiger partial charge is 0.377 e. The molecule has 0 spiro atoms. The lowest BCUT2D eigenvalue weighted by atomic mass is 10.0. The molecular formula is C20H31N3. The Morgan fingerprint density at radius 1 is 1.17 bits per heavy atom. The molecule has 0 aromatic heterocycles. The molecule has 23 heavy (non-hydrogen) atoms. The van der Waals surface area contributed by atoms with Crippen LogP contribution in [0.2, 0.25) is 0 Å². The summed E-state index contributed by atoms with van der Waals surface area (Å²) in [6, 6.07) is 0.539. The number of aliphatic imine (C=N–C) groups is 1. The van der Waals surface area contributed by atoms with Crippen molar-refractivity contribution >= 4 is 5.71 Å². The quantitative estimate of drug-likeness (QED) is 0.508. The SMILES string of the molecule is C=C/C=C(N=C(C)C)\C(C=C)=C/N(C)C1CCN(C(=C)C)CC1. The van der Waals surface area contributed by atoms with Crippen LogP contribution in [0.3, 0.4) is 0 Å². The minimum Gasteiger partial charge on any atom is -0.377 e. The fraction of sp³-hybridized carbons (Fsp3) is 0.450. The Morgan fingerprint density at radius 2 is 1.78 bits per heavy atom. The van der Waals surface area contributed by atoms with Gasteiger partial charge in [-0.05, 0) is 39.7 Å². The molecule has 1 saturated heterocycles. The van der Waals surface area contributed by atoms with Crippen molar-refractivity contribution in [2.75, 3.05) is 20.1 Å². The van der Waals surface area contributed by atoms with Crippen LogP contribution in [0.25, 0.3) is 0 Å². The maximum absolute atomic E-state index is 4.59. The maximum atomic E-state index is 4.59. The third-order valence-electron chi connectivity index (χ3n) is 4.06. The summed E-state index contributed by atoms with van der Waals surface area (Å²) < 4.78 is 0. The Hall–Kier alpha value is -2.03. The van der Waals surface area contributed by atoms with E-state index in [2.05, 4.69) is 54.7 Å². The second kappa shape index (κ2) is 9.19. The minimum atomic E-state index is 0.539. The van der Waals surface area contributed by atoms with Gasteiger partial charge in [-0.25, -0.2) is 0 Å². The Labute approximate surface area is 142 Å². The maximum Gasteiger partial charge on any atom is 0.0715 e. The number of likely N-dealkylation sites (tertiary alicyclic amines) is 1. The predicted molar refractivity (Wildman–Crippen MR) is 103 cm³/mol. The van der Waals surface area contributed by atoms with E-state index in [4.69, 9.17) is 0 Å². The number of nitrogens with zero attached hydrogens (tertiary/aromatic N) is 3. The summed E-state index contributed by atoms with van der Waals surface area (Å²) in [5.74, 6) is 0. The van der Waals surface area contributed by atoms with Crippen LogP contribution in [0.15, 0.2) is 66.1 Å². The van der Waals surface area contributed by atoms with E-state index >= 15 is 0 Å². The van der Waals surface area contributed by atoms with Gasteiger partial charge in [-0.1, -0.05) is 31.9 Å². The first kappa shape index (κ1) is 19.0. The first-order chi connectivity index (χ1) is 10.9. The Balaban J connectivity index is 2.87. The van der Waals surface area contributed by atoms with Gasteiger partial charge in [0, 0.05) is 49.4 Å². The standard InChI is InChI=1S/C20H31N3/c1-8-10-20(21-16(3)4)18(9-2)15-22(7)19-11-13-23(14-12-19)17(5)6/h8-10,15,19H,1-2,5,11-14H2,3-4,6-7H3/b18-15-,20-10+. The zero-order valence-electron chi connectivity index (χ0n) is 15.2. The van der Waals surface area contributed by atoms with E-state index in [1.807, 2.05) is 26.0 Å². The monoisotopic (exact) mass is 313 g/mol. The lowest BCUT2D eigenvalue weighted by Gasteiger charge is -2.37. The lowest BCUT2D eigenvalue weighted by molar-refractivity contribution is 0.185. The van der Waals surface area contributed by atoms with E-state index in [-0.39, 0.29) is 0 Å². The molecular weight excluding hydrogens is 282 g/mol. The number of allylic oxidation sites excluding steroid dienone is 4. The zero-order valence-corrected chi connectivity index (χ0v) is 15.2. The number of piperidine rings is 1. The van der Waals surface area contributed by atoms with Crippen molar-refractivity contribution < 1.29 is 0 Å². The molecule has 1 aliphatic heterocycles. The molecule has 0 bridgehead atoms. The van der Waals surface area contributed by atoms with E-state index in [1.165, 1.54) is 0 Å². The van der Waals surface area contributed by atoms with Gasteiger partial charge < -0.3 is 9.80 Å². The molecule has 0 aliphatic carbocycles. The summed E-state index contributed by atoms with van der Waals surface area (Å²) in [5.41, 5.74) is 4.11. The van der Waals surface area contributed by atoms with Crippen LogP contribution >= 0.6 is 0 Å². The summed E-state index contributed by atoms with van der Waals surface area (Å²) in [6.45, 7) is 20.0. The third kappa shape index (κ3) is 5.93. The van der Waals surface area contributed by atoms with Crippen LogP contribution in [0.5, 0.6) is 0 Å². The average Bonchev–Trinajstić information content (AvgIpc) is 2.51. The third-order valence-corrected chi connectivity index (χ3v) is 4.06. The summed E-state index contributed by atoms with van der Waals surface area (Å²) in [7, 11) is 2.14. The zero-order chi connectivity index (χ0) is 17.4. The fourth-order valence-corrected chi connectivity index (χ4v) is 2.75. The molecule has 0 atom stereocenters. The molecule has 1 fully saturated rings. The number of hydrogen-bond donors (Lipinski definition) is 0. The highest BCUT2D eigenvalue weighted by atomic mass is 15.2. The van der Waals surface area contributed by atoms with Gasteiger partial charge in [0.05, 0.1) is 5.70 Å². The summed E-state index contributed by atoms with van der Waals surface area (Å²) >= 11 is 0. The van der Waals surface area contributed by atoms with Crippen molar-refractivity contribution in [2.24, 2.45) is 4.99 Å². The van der Waals surface area contributed by atoms with Gasteiger partial charge >= 0.3 is 0 Å². The molecule has 0 amide bonds. The van der Waals surface area contributed by atoms with Crippen LogP contribution in [0, 0.1) is 0 Å². The molecule has 0 aromatic rings. The van der Waals surface area contributed by atoms with Gasteiger partial charge in [0.2, 0.25) is 0 Å². The minimum absolute atomic E-state index is 0.539. The van der Waals surface area contributed by atoms with Gasteiger partial charge in [-0.3, -0.25) is 4.99 Å². The van der Waals surface area contributed by atoms with Crippen LogP contribution in [0.4, 0.5) is 0 Å². The van der Waals surface area contributed by atoms with E-state index in [9.17, 15) is 0 Å². The Bertz CT molecular complexity index is 525. The summed E-state index contributed by atoms with van der Waals surface area (Å²) in [5, 5.41) is 0. The fourth-order valence-electron chi connectivity index (χ4n) is 2.75. The average molecular weight is 313 g/mol. The molecule has 0 saturated carbocycles. The van der Waals surface area contributed by atoms with Crippen molar-refractivity contribution in [3.05, 3.63) is 61.1 Å². The number of rotatable bonds is 7. The molecule has 0 aromatic carbocycles. The molecule has 0 unspecified atom stereocenters. The van der Waals surface area contributed by atoms with E-state index in [1.54, 1.807) is 6.08 Å². The summed E-state index contributed by atoms with van der Waals surface area (Å²) in [4.78, 5) is 9.25. The van der Waals surface area contributed by atoms with Crippen molar-refractivity contribution in [1.82, 2.24) is 9.80 Å². The Morgan fingerprint density at radius 3 is 2.22 bits per heavy atom. The smallest absolute Gasteiger partial charge is 0.0715 e. The Kier molecular flexibility index (Phi) is 7.60. The summed E-state index contributed by atoms with van der Waals surface area (Å²) in [6.07, 6.45) is 9.99. The van der Waals surface area contributed by atoms with E-state index in [0.717, 1.165) is 48.6 Å². The predicted octanol–water partition coefficient (Wildman–Crippen LogP) is 4.54. The molecule has 1 heterocycles. The van der Waals surface area contributed by atoms with Crippen molar-refractivity contribution in [2.45, 2.75) is 39.7 Å². The highest BCUT2D eigenvalue weighted by Gasteiger charge is 2.21. The second-order valence-electron chi connectivity index (χ2n) is 6.25. The van der Waals surface area contributed by atoms with Crippen molar-refractivity contribution in [1.29, 1.82) is 0 Å². The van der Waals surface area contributed by atoms with Crippen LogP contribution in [-0.4, -0.2) is 41.7 Å². The molecule has 3 heteroatoms. The van der Waals surface area contributed by atoms with Gasteiger partial charge in [-0.2, -0.15) is 0 Å². The first-order valence-electron chi connectivity index (χ1n) is 8.20. The van der Waals surface area contributed by atoms with Crippen LogP contribution < -0.4 is 0 Å². The van der Waals surface area contributed by atoms with Crippen LogP contribution in [-0.2, 0) is 0 Å². The molecule has 0 N–H and O–H groups in total. The first-order valence-corrected chi connectivity index (χ1v) is 8.20. The lowest BCUT2D eigenvalue weighted by Crippen LogP contribution is -2.40. The molecule has 0 radical (unpaired) electrons. The molecule has 3 nitrogen and oxygen atoms in total. The van der Waals surface area contributed by atoms with Gasteiger partial charge in [-0.15, -0.1) is 0 Å². The molecule has 1 rings (SSSR count). The van der Waals surface area contributed by atoms with Crippen molar-refractivity contribution in [3.8, 4) is 0 Å². The topological polar surface area (TPSA) is 18.8 Å². The highest BCUT2D eigenvalue weighted by Crippen LogP contribution is 2.21. The van der Waals surface area contributed by atoms with E-state index < -0.39 is 0 Å². The second-order valence-corrected chi connectivity index (χ2v) is 6.25. The van der Waals surface area contributed by atoms with Crippen molar-refractivity contribution in [3.63, 3.8) is 0 Å². The molecule has 1 aliphatic rings. The van der Waals surface area contributed by atoms with Gasteiger partial charge in [0.1, 0.15) is 0 Å². The van der Waals surface area contributed by atoms with Gasteiger partial charge in [0.25, 0.3) is 0 Å². The van der Waals surface area contributed by atoms with E-state index in [0.29, 0.717) is 6.04 Å². The molecule has 126 valence electrons. The normalized spacial score (nSPS) is 16.8.